The van der Waals surface area contributed by atoms with Crippen LogP contribution in [0.25, 0.3) is 0 Å². The first kappa shape index (κ1) is 24.4. The molecular weight excluding hydrogens is 427 g/mol. The zero-order valence-electron chi connectivity index (χ0n) is 19.0. The van der Waals surface area contributed by atoms with Crippen molar-refractivity contribution in [1.82, 2.24) is 10.0 Å². The quantitative estimate of drug-likeness (QED) is 0.594. The summed E-state index contributed by atoms with van der Waals surface area (Å²) in [5.41, 5.74) is 3.01. The molecule has 0 saturated heterocycles. The standard InChI is InChI=1S/C25H33FN2O3S/c1-4-5-21-16-24(15-6-17(21)2)32(30,31)28-23-13-9-20(10-14-23)25(29)27-18(3)19-7-11-22(26)12-8-19/h6-8,11-12,15-16,18,20,23,28H,4-5,9-10,13-14H2,1-3H3,(H,27,29)/t18-,20?,23?/m1/s1. The van der Waals surface area contributed by atoms with Gasteiger partial charge >= 0.3 is 0 Å². The largest absolute Gasteiger partial charge is 0.349 e. The molecular formula is C25H33FN2O3S. The normalized spacial score (nSPS) is 20.0. The van der Waals surface area contributed by atoms with Crippen LogP contribution < -0.4 is 10.0 Å². The third-order valence-electron chi connectivity index (χ3n) is 6.30. The molecule has 0 spiro atoms. The van der Waals surface area contributed by atoms with Crippen LogP contribution in [0.15, 0.2) is 47.4 Å². The van der Waals surface area contributed by atoms with Gasteiger partial charge in [0, 0.05) is 12.0 Å². The lowest BCUT2D eigenvalue weighted by Gasteiger charge is -2.29. The summed E-state index contributed by atoms with van der Waals surface area (Å²) >= 11 is 0. The second-order valence-corrected chi connectivity index (χ2v) is 10.5. The minimum Gasteiger partial charge on any atom is -0.349 e. The number of benzene rings is 2. The SMILES string of the molecule is CCCc1cc(S(=O)(=O)NC2CCC(C(=O)N[C@H](C)c3ccc(F)cc3)CC2)ccc1C. The van der Waals surface area contributed by atoms with Gasteiger partial charge in [-0.1, -0.05) is 31.5 Å². The van der Waals surface area contributed by atoms with E-state index < -0.39 is 10.0 Å². The molecule has 0 heterocycles. The van der Waals surface area contributed by atoms with Crippen LogP contribution in [-0.4, -0.2) is 20.4 Å². The second-order valence-electron chi connectivity index (χ2n) is 8.79. The third-order valence-corrected chi connectivity index (χ3v) is 7.82. The maximum atomic E-state index is 13.1. The van der Waals surface area contributed by atoms with Gasteiger partial charge in [0.15, 0.2) is 0 Å². The van der Waals surface area contributed by atoms with Crippen LogP contribution in [0.4, 0.5) is 4.39 Å². The molecule has 32 heavy (non-hydrogen) atoms. The van der Waals surface area contributed by atoms with E-state index in [0.717, 1.165) is 29.5 Å². The summed E-state index contributed by atoms with van der Waals surface area (Å²) in [6, 6.07) is 11.0. The minimum atomic E-state index is -3.59. The molecule has 7 heteroatoms. The van der Waals surface area contributed by atoms with Crippen molar-refractivity contribution < 1.29 is 17.6 Å². The highest BCUT2D eigenvalue weighted by atomic mass is 32.2. The summed E-state index contributed by atoms with van der Waals surface area (Å²) in [6.07, 6.45) is 4.31. The van der Waals surface area contributed by atoms with Gasteiger partial charge in [0.1, 0.15) is 5.82 Å². The fraction of sp³-hybridized carbons (Fsp3) is 0.480. The number of hydrogen-bond donors (Lipinski definition) is 2. The summed E-state index contributed by atoms with van der Waals surface area (Å²) in [5, 5.41) is 3.00. The molecule has 0 aliphatic heterocycles. The van der Waals surface area contributed by atoms with E-state index in [1.807, 2.05) is 19.9 Å². The van der Waals surface area contributed by atoms with E-state index in [1.165, 1.54) is 12.1 Å². The molecule has 2 aromatic rings. The molecule has 0 aromatic heterocycles. The maximum Gasteiger partial charge on any atom is 0.240 e. The fourth-order valence-electron chi connectivity index (χ4n) is 4.28. The van der Waals surface area contributed by atoms with Crippen molar-refractivity contribution in [1.29, 1.82) is 0 Å². The van der Waals surface area contributed by atoms with E-state index in [1.54, 1.807) is 24.3 Å². The van der Waals surface area contributed by atoms with Crippen molar-refractivity contribution >= 4 is 15.9 Å². The summed E-state index contributed by atoms with van der Waals surface area (Å²) in [6.45, 7) is 5.95. The topological polar surface area (TPSA) is 75.3 Å². The van der Waals surface area contributed by atoms with Crippen LogP contribution in [0.1, 0.15) is 68.7 Å². The lowest BCUT2D eigenvalue weighted by molar-refractivity contribution is -0.126. The van der Waals surface area contributed by atoms with Crippen molar-refractivity contribution in [2.24, 2.45) is 5.92 Å². The molecule has 1 atom stereocenters. The zero-order chi connectivity index (χ0) is 23.3. The van der Waals surface area contributed by atoms with E-state index in [9.17, 15) is 17.6 Å². The van der Waals surface area contributed by atoms with Gasteiger partial charge in [-0.25, -0.2) is 17.5 Å². The Labute approximate surface area is 190 Å². The number of carbonyl (C=O) groups excluding carboxylic acids is 1. The molecule has 0 unspecified atom stereocenters. The lowest BCUT2D eigenvalue weighted by atomic mass is 9.85. The summed E-state index contributed by atoms with van der Waals surface area (Å²) in [5.74, 6) is -0.486. The van der Waals surface area contributed by atoms with Crippen molar-refractivity contribution in [3.63, 3.8) is 0 Å². The van der Waals surface area contributed by atoms with Crippen LogP contribution in [0.2, 0.25) is 0 Å². The molecule has 2 N–H and O–H groups in total. The summed E-state index contributed by atoms with van der Waals surface area (Å²) in [4.78, 5) is 13.0. The van der Waals surface area contributed by atoms with Gasteiger partial charge in [0.2, 0.25) is 15.9 Å². The van der Waals surface area contributed by atoms with E-state index >= 15 is 0 Å². The lowest BCUT2D eigenvalue weighted by Crippen LogP contribution is -2.41. The Hall–Kier alpha value is -2.25. The summed E-state index contributed by atoms with van der Waals surface area (Å²) in [7, 11) is -3.59. The van der Waals surface area contributed by atoms with Crippen molar-refractivity contribution in [2.45, 2.75) is 76.3 Å². The predicted octanol–water partition coefficient (Wildman–Crippen LogP) is 4.80. The predicted molar refractivity (Wildman–Crippen MR) is 124 cm³/mol. The molecule has 0 radical (unpaired) electrons. The molecule has 5 nitrogen and oxygen atoms in total. The Kier molecular flexibility index (Phi) is 8.06. The van der Waals surface area contributed by atoms with Crippen LogP contribution in [-0.2, 0) is 21.2 Å². The van der Waals surface area contributed by atoms with Crippen molar-refractivity contribution in [3.8, 4) is 0 Å². The number of sulfonamides is 1. The maximum absolute atomic E-state index is 13.1. The highest BCUT2D eigenvalue weighted by Gasteiger charge is 2.30. The van der Waals surface area contributed by atoms with Gasteiger partial charge in [-0.3, -0.25) is 4.79 Å². The smallest absolute Gasteiger partial charge is 0.240 e. The van der Waals surface area contributed by atoms with Gasteiger partial charge < -0.3 is 5.32 Å². The van der Waals surface area contributed by atoms with Crippen LogP contribution >= 0.6 is 0 Å². The Balaban J connectivity index is 1.54. The second kappa shape index (κ2) is 10.6. The molecule has 3 rings (SSSR count). The van der Waals surface area contributed by atoms with Crippen molar-refractivity contribution in [2.75, 3.05) is 0 Å². The number of hydrogen-bond acceptors (Lipinski definition) is 3. The molecule has 1 amide bonds. The Morgan fingerprint density at radius 3 is 2.38 bits per heavy atom. The molecule has 0 bridgehead atoms. The minimum absolute atomic E-state index is 0.0362. The van der Waals surface area contributed by atoms with Crippen LogP contribution in [0.3, 0.4) is 0 Å². The number of aryl methyl sites for hydroxylation is 2. The average molecular weight is 461 g/mol. The molecule has 2 aromatic carbocycles. The highest BCUT2D eigenvalue weighted by molar-refractivity contribution is 7.89. The number of halogens is 1. The number of rotatable bonds is 8. The van der Waals surface area contributed by atoms with Gasteiger partial charge in [-0.05, 0) is 86.9 Å². The Morgan fingerprint density at radius 1 is 1.09 bits per heavy atom. The molecule has 1 aliphatic carbocycles. The van der Waals surface area contributed by atoms with Crippen LogP contribution in [0, 0.1) is 18.7 Å². The molecule has 1 saturated carbocycles. The molecule has 1 fully saturated rings. The van der Waals surface area contributed by atoms with E-state index in [4.69, 9.17) is 0 Å². The van der Waals surface area contributed by atoms with E-state index in [0.29, 0.717) is 30.6 Å². The monoisotopic (exact) mass is 460 g/mol. The summed E-state index contributed by atoms with van der Waals surface area (Å²) < 4.78 is 41.7. The first-order valence-electron chi connectivity index (χ1n) is 11.4. The highest BCUT2D eigenvalue weighted by Crippen LogP contribution is 2.27. The fourth-order valence-corrected chi connectivity index (χ4v) is 5.64. The Bertz CT molecular complexity index is 1030. The third kappa shape index (κ3) is 6.17. The van der Waals surface area contributed by atoms with Gasteiger partial charge in [-0.15, -0.1) is 0 Å². The zero-order valence-corrected chi connectivity index (χ0v) is 19.8. The van der Waals surface area contributed by atoms with Crippen LogP contribution in [0.5, 0.6) is 0 Å². The average Bonchev–Trinajstić information content (AvgIpc) is 2.76. The van der Waals surface area contributed by atoms with E-state index in [2.05, 4.69) is 17.0 Å². The van der Waals surface area contributed by atoms with Gasteiger partial charge in [0.05, 0.1) is 10.9 Å². The first-order chi connectivity index (χ1) is 15.2. The van der Waals surface area contributed by atoms with Crippen molar-refractivity contribution in [3.05, 3.63) is 65.0 Å². The van der Waals surface area contributed by atoms with E-state index in [-0.39, 0.29) is 29.7 Å². The Morgan fingerprint density at radius 2 is 1.75 bits per heavy atom. The molecule has 1 aliphatic rings. The number of carbonyl (C=O) groups is 1. The van der Waals surface area contributed by atoms with Gasteiger partial charge in [-0.2, -0.15) is 0 Å². The van der Waals surface area contributed by atoms with Gasteiger partial charge in [0.25, 0.3) is 0 Å². The number of nitrogens with one attached hydrogen (secondary N) is 2. The molecule has 174 valence electrons. The first-order valence-corrected chi connectivity index (χ1v) is 12.9. The number of amides is 1.